The first-order valence-corrected chi connectivity index (χ1v) is 8.71. The van der Waals surface area contributed by atoms with Crippen molar-refractivity contribution in [2.45, 2.75) is 13.5 Å². The van der Waals surface area contributed by atoms with Crippen LogP contribution in [0.3, 0.4) is 0 Å². The SMILES string of the molecule is Cc1ccccc1OCC(=O)OCC(=O)N(C)Cc1ccc(N(C)C)cc1. The Kier molecular flexibility index (Phi) is 7.23. The predicted octanol–water partition coefficient (Wildman–Crippen LogP) is 2.64. The smallest absolute Gasteiger partial charge is 0.344 e. The fourth-order valence-corrected chi connectivity index (χ4v) is 2.41. The van der Waals surface area contributed by atoms with Crippen molar-refractivity contribution in [3.63, 3.8) is 0 Å². The Labute approximate surface area is 160 Å². The van der Waals surface area contributed by atoms with E-state index < -0.39 is 5.97 Å². The topological polar surface area (TPSA) is 59.1 Å². The number of aryl methyl sites for hydroxylation is 1. The average molecular weight is 370 g/mol. The maximum Gasteiger partial charge on any atom is 0.344 e. The Morgan fingerprint density at radius 1 is 0.926 bits per heavy atom. The van der Waals surface area contributed by atoms with Gasteiger partial charge >= 0.3 is 5.97 Å². The maximum atomic E-state index is 12.2. The molecule has 2 aromatic rings. The largest absolute Gasteiger partial charge is 0.482 e. The minimum Gasteiger partial charge on any atom is -0.482 e. The summed E-state index contributed by atoms with van der Waals surface area (Å²) in [5.74, 6) is -0.217. The summed E-state index contributed by atoms with van der Waals surface area (Å²) in [6.07, 6.45) is 0. The Morgan fingerprint density at radius 2 is 1.59 bits per heavy atom. The van der Waals surface area contributed by atoms with Crippen molar-refractivity contribution in [3.8, 4) is 5.75 Å². The number of likely N-dealkylation sites (N-methyl/N-ethyl adjacent to an activating group) is 1. The van der Waals surface area contributed by atoms with Gasteiger partial charge in [0.1, 0.15) is 5.75 Å². The molecule has 0 N–H and O–H groups in total. The van der Waals surface area contributed by atoms with Gasteiger partial charge in [-0.15, -0.1) is 0 Å². The first-order valence-electron chi connectivity index (χ1n) is 8.71. The lowest BCUT2D eigenvalue weighted by atomic mass is 10.2. The molecule has 0 unspecified atom stereocenters. The van der Waals surface area contributed by atoms with Gasteiger partial charge in [-0.2, -0.15) is 0 Å². The molecule has 6 nitrogen and oxygen atoms in total. The Hall–Kier alpha value is -3.02. The second kappa shape index (κ2) is 9.62. The number of benzene rings is 2. The summed E-state index contributed by atoms with van der Waals surface area (Å²) in [6, 6.07) is 15.3. The molecule has 0 bridgehead atoms. The lowest BCUT2D eigenvalue weighted by Crippen LogP contribution is -2.31. The molecule has 0 radical (unpaired) electrons. The molecular weight excluding hydrogens is 344 g/mol. The number of para-hydroxylation sites is 1. The van der Waals surface area contributed by atoms with Crippen LogP contribution in [-0.4, -0.2) is 51.1 Å². The van der Waals surface area contributed by atoms with Gasteiger partial charge in [0.15, 0.2) is 13.2 Å². The Bertz CT molecular complexity index is 772. The predicted molar refractivity (Wildman–Crippen MR) is 105 cm³/mol. The number of ether oxygens (including phenoxy) is 2. The number of hydrogen-bond acceptors (Lipinski definition) is 5. The molecule has 0 heterocycles. The van der Waals surface area contributed by atoms with Gasteiger partial charge in [-0.25, -0.2) is 4.79 Å². The third-order valence-electron chi connectivity index (χ3n) is 4.09. The molecule has 0 spiro atoms. The molecule has 0 aliphatic rings. The Balaban J connectivity index is 1.75. The highest BCUT2D eigenvalue weighted by Crippen LogP contribution is 2.16. The highest BCUT2D eigenvalue weighted by atomic mass is 16.6. The second-order valence-corrected chi connectivity index (χ2v) is 6.53. The summed E-state index contributed by atoms with van der Waals surface area (Å²) in [5, 5.41) is 0. The van der Waals surface area contributed by atoms with E-state index in [0.717, 1.165) is 16.8 Å². The van der Waals surface area contributed by atoms with Crippen LogP contribution >= 0.6 is 0 Å². The maximum absolute atomic E-state index is 12.2. The summed E-state index contributed by atoms with van der Waals surface area (Å²) in [6.45, 7) is 1.81. The molecule has 0 fully saturated rings. The number of hydrogen-bond donors (Lipinski definition) is 0. The molecule has 2 rings (SSSR count). The van der Waals surface area contributed by atoms with E-state index in [1.807, 2.05) is 68.4 Å². The minimum absolute atomic E-state index is 0.228. The zero-order valence-electron chi connectivity index (χ0n) is 16.3. The van der Waals surface area contributed by atoms with Crippen LogP contribution in [0.25, 0.3) is 0 Å². The quantitative estimate of drug-likeness (QED) is 0.669. The van der Waals surface area contributed by atoms with Crippen molar-refractivity contribution in [3.05, 3.63) is 59.7 Å². The van der Waals surface area contributed by atoms with E-state index in [-0.39, 0.29) is 19.1 Å². The highest BCUT2D eigenvalue weighted by Gasteiger charge is 2.13. The van der Waals surface area contributed by atoms with Gasteiger partial charge in [-0.1, -0.05) is 30.3 Å². The third-order valence-corrected chi connectivity index (χ3v) is 4.09. The molecule has 0 aliphatic heterocycles. The zero-order valence-corrected chi connectivity index (χ0v) is 16.3. The molecule has 6 heteroatoms. The van der Waals surface area contributed by atoms with Gasteiger partial charge in [0.25, 0.3) is 5.91 Å². The molecule has 0 atom stereocenters. The van der Waals surface area contributed by atoms with Crippen molar-refractivity contribution in [2.24, 2.45) is 0 Å². The van der Waals surface area contributed by atoms with E-state index in [9.17, 15) is 9.59 Å². The number of anilines is 1. The lowest BCUT2D eigenvalue weighted by Gasteiger charge is -2.18. The summed E-state index contributed by atoms with van der Waals surface area (Å²) < 4.78 is 10.4. The standard InChI is InChI=1S/C21H26N2O4/c1-16-7-5-6-8-19(16)26-15-21(25)27-14-20(24)23(4)13-17-9-11-18(12-10-17)22(2)3/h5-12H,13-15H2,1-4H3. The fourth-order valence-electron chi connectivity index (χ4n) is 2.41. The summed E-state index contributed by atoms with van der Waals surface area (Å²) in [5.41, 5.74) is 3.03. The van der Waals surface area contributed by atoms with Gasteiger partial charge in [0, 0.05) is 33.4 Å². The molecule has 144 valence electrons. The van der Waals surface area contributed by atoms with E-state index in [4.69, 9.17) is 9.47 Å². The third kappa shape index (κ3) is 6.33. The van der Waals surface area contributed by atoms with Gasteiger partial charge in [-0.05, 0) is 36.2 Å². The monoisotopic (exact) mass is 370 g/mol. The first-order chi connectivity index (χ1) is 12.9. The van der Waals surface area contributed by atoms with Crippen LogP contribution in [0.4, 0.5) is 5.69 Å². The van der Waals surface area contributed by atoms with Crippen LogP contribution in [0.2, 0.25) is 0 Å². The Morgan fingerprint density at radius 3 is 2.22 bits per heavy atom. The number of amides is 1. The van der Waals surface area contributed by atoms with Crippen molar-refractivity contribution in [1.82, 2.24) is 4.90 Å². The van der Waals surface area contributed by atoms with Crippen molar-refractivity contribution >= 4 is 17.6 Å². The first kappa shape index (κ1) is 20.3. The number of nitrogens with zero attached hydrogens (tertiary/aromatic N) is 2. The molecular formula is C21H26N2O4. The molecule has 27 heavy (non-hydrogen) atoms. The van der Waals surface area contributed by atoms with E-state index in [0.29, 0.717) is 12.3 Å². The van der Waals surface area contributed by atoms with E-state index in [1.54, 1.807) is 13.1 Å². The van der Waals surface area contributed by atoms with Gasteiger partial charge in [-0.3, -0.25) is 4.79 Å². The number of carbonyl (C=O) groups is 2. The molecule has 0 saturated heterocycles. The normalized spacial score (nSPS) is 10.2. The van der Waals surface area contributed by atoms with Crippen molar-refractivity contribution in [2.75, 3.05) is 39.3 Å². The van der Waals surface area contributed by atoms with Gasteiger partial charge < -0.3 is 19.3 Å². The van der Waals surface area contributed by atoms with Crippen LogP contribution in [0, 0.1) is 6.92 Å². The highest BCUT2D eigenvalue weighted by molar-refractivity contribution is 5.80. The number of esters is 1. The van der Waals surface area contributed by atoms with Crippen LogP contribution in [-0.2, 0) is 20.9 Å². The summed E-state index contributed by atoms with van der Waals surface area (Å²) in [7, 11) is 5.63. The minimum atomic E-state index is -0.574. The average Bonchev–Trinajstić information content (AvgIpc) is 2.65. The van der Waals surface area contributed by atoms with E-state index >= 15 is 0 Å². The van der Waals surface area contributed by atoms with Crippen LogP contribution in [0.1, 0.15) is 11.1 Å². The molecule has 2 aromatic carbocycles. The van der Waals surface area contributed by atoms with Crippen LogP contribution in [0.15, 0.2) is 48.5 Å². The number of rotatable bonds is 8. The van der Waals surface area contributed by atoms with Crippen LogP contribution in [0.5, 0.6) is 5.75 Å². The summed E-state index contributed by atoms with van der Waals surface area (Å²) in [4.78, 5) is 27.5. The van der Waals surface area contributed by atoms with E-state index in [1.165, 1.54) is 4.90 Å². The second-order valence-electron chi connectivity index (χ2n) is 6.53. The molecule has 0 aromatic heterocycles. The number of carbonyl (C=O) groups excluding carboxylic acids is 2. The molecule has 0 aliphatic carbocycles. The van der Waals surface area contributed by atoms with Crippen molar-refractivity contribution < 1.29 is 19.1 Å². The molecule has 0 saturated carbocycles. The van der Waals surface area contributed by atoms with E-state index in [2.05, 4.69) is 0 Å². The zero-order chi connectivity index (χ0) is 19.8. The van der Waals surface area contributed by atoms with Crippen molar-refractivity contribution in [1.29, 1.82) is 0 Å². The van der Waals surface area contributed by atoms with Crippen LogP contribution < -0.4 is 9.64 Å². The molecule has 1 amide bonds. The van der Waals surface area contributed by atoms with Gasteiger partial charge in [0.05, 0.1) is 0 Å². The lowest BCUT2D eigenvalue weighted by molar-refractivity contribution is -0.153. The fraction of sp³-hybridized carbons (Fsp3) is 0.333. The van der Waals surface area contributed by atoms with Gasteiger partial charge in [0.2, 0.25) is 0 Å². The summed E-state index contributed by atoms with van der Waals surface area (Å²) >= 11 is 0.